The van der Waals surface area contributed by atoms with Gasteiger partial charge in [-0.1, -0.05) is 13.0 Å². The van der Waals surface area contributed by atoms with E-state index in [2.05, 4.69) is 10.6 Å². The lowest BCUT2D eigenvalue weighted by atomic mass is 10.1. The molecule has 1 amide bonds. The molecule has 2 atom stereocenters. The number of aliphatic hydroxyl groups excluding tert-OH is 1. The van der Waals surface area contributed by atoms with Crippen LogP contribution in [-0.2, 0) is 0 Å². The van der Waals surface area contributed by atoms with E-state index in [0.29, 0.717) is 31.0 Å². The third-order valence-corrected chi connectivity index (χ3v) is 3.40. The zero-order chi connectivity index (χ0) is 14.4. The summed E-state index contributed by atoms with van der Waals surface area (Å²) in [5.41, 5.74) is 0.582. The molecule has 3 N–H and O–H groups in total. The van der Waals surface area contributed by atoms with E-state index in [4.69, 9.17) is 4.74 Å². The van der Waals surface area contributed by atoms with Gasteiger partial charge < -0.3 is 20.5 Å². The molecule has 1 saturated heterocycles. The Kier molecular flexibility index (Phi) is 5.38. The minimum absolute atomic E-state index is 0.0819. The van der Waals surface area contributed by atoms with Crippen molar-refractivity contribution >= 4 is 5.91 Å². The fraction of sp³-hybridized carbons (Fsp3) is 0.533. The molecule has 1 aromatic carbocycles. The maximum absolute atomic E-state index is 12.1. The van der Waals surface area contributed by atoms with E-state index in [1.165, 1.54) is 0 Å². The lowest BCUT2D eigenvalue weighted by Crippen LogP contribution is -2.34. The number of β-amino-alcohol motifs (C(OH)–C–C–N with tert-alkyl or cyclic N) is 1. The van der Waals surface area contributed by atoms with E-state index in [9.17, 15) is 9.90 Å². The van der Waals surface area contributed by atoms with Crippen LogP contribution in [0.3, 0.4) is 0 Å². The Morgan fingerprint density at radius 3 is 3.05 bits per heavy atom. The van der Waals surface area contributed by atoms with E-state index in [-0.39, 0.29) is 17.9 Å². The van der Waals surface area contributed by atoms with Crippen LogP contribution in [0.5, 0.6) is 5.75 Å². The highest BCUT2D eigenvalue weighted by atomic mass is 16.5. The van der Waals surface area contributed by atoms with Crippen molar-refractivity contribution in [3.8, 4) is 5.75 Å². The van der Waals surface area contributed by atoms with Crippen LogP contribution in [0.25, 0.3) is 0 Å². The number of amides is 1. The number of carbonyl (C=O) groups excluding carboxylic acids is 1. The van der Waals surface area contributed by atoms with Crippen molar-refractivity contribution in [2.75, 3.05) is 26.2 Å². The number of hydrogen-bond acceptors (Lipinski definition) is 4. The molecule has 1 fully saturated rings. The van der Waals surface area contributed by atoms with Crippen LogP contribution in [-0.4, -0.2) is 43.4 Å². The van der Waals surface area contributed by atoms with Gasteiger partial charge in [-0.2, -0.15) is 0 Å². The Hall–Kier alpha value is -1.59. The Morgan fingerprint density at radius 2 is 2.35 bits per heavy atom. The van der Waals surface area contributed by atoms with E-state index < -0.39 is 0 Å². The summed E-state index contributed by atoms with van der Waals surface area (Å²) in [6.45, 7) is 4.50. The van der Waals surface area contributed by atoms with Gasteiger partial charge in [-0.05, 0) is 24.6 Å². The topological polar surface area (TPSA) is 70.6 Å². The van der Waals surface area contributed by atoms with Crippen LogP contribution in [0.1, 0.15) is 23.7 Å². The maximum Gasteiger partial charge on any atom is 0.251 e. The van der Waals surface area contributed by atoms with Gasteiger partial charge >= 0.3 is 0 Å². The van der Waals surface area contributed by atoms with E-state index in [1.54, 1.807) is 12.1 Å². The third-order valence-electron chi connectivity index (χ3n) is 3.40. The number of ether oxygens (including phenoxy) is 1. The van der Waals surface area contributed by atoms with E-state index in [0.717, 1.165) is 13.0 Å². The predicted molar refractivity (Wildman–Crippen MR) is 76.9 cm³/mol. The number of rotatable bonds is 6. The van der Waals surface area contributed by atoms with Gasteiger partial charge in [-0.15, -0.1) is 0 Å². The van der Waals surface area contributed by atoms with Crippen molar-refractivity contribution < 1.29 is 14.6 Å². The molecule has 5 nitrogen and oxygen atoms in total. The Bertz CT molecular complexity index is 450. The highest BCUT2D eigenvalue weighted by molar-refractivity contribution is 5.94. The van der Waals surface area contributed by atoms with Gasteiger partial charge in [-0.3, -0.25) is 4.79 Å². The third kappa shape index (κ3) is 3.95. The molecule has 20 heavy (non-hydrogen) atoms. The summed E-state index contributed by atoms with van der Waals surface area (Å²) < 4.78 is 5.51. The predicted octanol–water partition coefficient (Wildman–Crippen LogP) is 0.785. The molecule has 0 aromatic heterocycles. The first-order chi connectivity index (χ1) is 9.70. The summed E-state index contributed by atoms with van der Waals surface area (Å²) in [6.07, 6.45) is 0.553. The number of benzene rings is 1. The largest absolute Gasteiger partial charge is 0.494 e. The average Bonchev–Trinajstić information content (AvgIpc) is 2.88. The highest BCUT2D eigenvalue weighted by Crippen LogP contribution is 2.14. The van der Waals surface area contributed by atoms with Crippen LogP contribution >= 0.6 is 0 Å². The Morgan fingerprint density at radius 1 is 1.50 bits per heavy atom. The van der Waals surface area contributed by atoms with Crippen molar-refractivity contribution in [3.05, 3.63) is 29.8 Å². The summed E-state index contributed by atoms with van der Waals surface area (Å²) in [7, 11) is 0. The number of aliphatic hydroxyl groups is 1. The molecule has 0 aliphatic carbocycles. The van der Waals surface area contributed by atoms with Gasteiger partial charge in [0.2, 0.25) is 0 Å². The monoisotopic (exact) mass is 278 g/mol. The Labute approximate surface area is 119 Å². The number of hydrogen-bond donors (Lipinski definition) is 3. The minimum atomic E-state index is -0.380. The minimum Gasteiger partial charge on any atom is -0.494 e. The fourth-order valence-electron chi connectivity index (χ4n) is 2.20. The second-order valence-electron chi connectivity index (χ2n) is 5.07. The first-order valence-electron chi connectivity index (χ1n) is 7.10. The molecule has 0 spiro atoms. The summed E-state index contributed by atoms with van der Waals surface area (Å²) in [4.78, 5) is 12.1. The van der Waals surface area contributed by atoms with Crippen molar-refractivity contribution in [1.29, 1.82) is 0 Å². The van der Waals surface area contributed by atoms with Crippen molar-refractivity contribution in [2.24, 2.45) is 5.92 Å². The van der Waals surface area contributed by atoms with Crippen LogP contribution < -0.4 is 15.4 Å². The molecule has 1 aromatic rings. The smallest absolute Gasteiger partial charge is 0.251 e. The summed E-state index contributed by atoms with van der Waals surface area (Å²) >= 11 is 0. The fourth-order valence-corrected chi connectivity index (χ4v) is 2.20. The zero-order valence-electron chi connectivity index (χ0n) is 11.8. The SMILES string of the molecule is CCCOc1cccc(C(=O)NCC2CNCC2O)c1. The van der Waals surface area contributed by atoms with Crippen LogP contribution in [0.2, 0.25) is 0 Å². The summed E-state index contributed by atoms with van der Waals surface area (Å²) in [6, 6.07) is 7.16. The van der Waals surface area contributed by atoms with Gasteiger partial charge in [0.15, 0.2) is 0 Å². The summed E-state index contributed by atoms with van der Waals surface area (Å²) in [5.74, 6) is 0.659. The molecule has 1 aliphatic heterocycles. The van der Waals surface area contributed by atoms with Gasteiger partial charge in [0.05, 0.1) is 12.7 Å². The second kappa shape index (κ2) is 7.26. The quantitative estimate of drug-likeness (QED) is 0.719. The molecule has 0 saturated carbocycles. The zero-order valence-corrected chi connectivity index (χ0v) is 11.8. The van der Waals surface area contributed by atoms with Crippen LogP contribution in [0.4, 0.5) is 0 Å². The maximum atomic E-state index is 12.1. The van der Waals surface area contributed by atoms with E-state index in [1.807, 2.05) is 19.1 Å². The Balaban J connectivity index is 1.88. The number of carbonyl (C=O) groups is 1. The first-order valence-corrected chi connectivity index (χ1v) is 7.10. The number of nitrogens with one attached hydrogen (secondary N) is 2. The lowest BCUT2D eigenvalue weighted by molar-refractivity contribution is 0.0926. The normalized spacial score (nSPS) is 21.7. The van der Waals surface area contributed by atoms with Gasteiger partial charge in [0.25, 0.3) is 5.91 Å². The standard InChI is InChI=1S/C15H22N2O3/c1-2-6-20-13-5-3-4-11(7-13)15(19)17-9-12-8-16-10-14(12)18/h3-5,7,12,14,16,18H,2,6,8-10H2,1H3,(H,17,19). The summed E-state index contributed by atoms with van der Waals surface area (Å²) in [5, 5.41) is 15.6. The molecule has 0 bridgehead atoms. The molecular formula is C15H22N2O3. The van der Waals surface area contributed by atoms with Crippen molar-refractivity contribution in [2.45, 2.75) is 19.4 Å². The second-order valence-corrected chi connectivity index (χ2v) is 5.07. The molecule has 1 heterocycles. The lowest BCUT2D eigenvalue weighted by Gasteiger charge is -2.14. The average molecular weight is 278 g/mol. The van der Waals surface area contributed by atoms with Gasteiger partial charge in [-0.25, -0.2) is 0 Å². The van der Waals surface area contributed by atoms with Crippen LogP contribution in [0, 0.1) is 5.92 Å². The molecule has 5 heteroatoms. The van der Waals surface area contributed by atoms with Crippen molar-refractivity contribution in [3.63, 3.8) is 0 Å². The molecule has 2 unspecified atom stereocenters. The van der Waals surface area contributed by atoms with Gasteiger partial charge in [0.1, 0.15) is 5.75 Å². The molecule has 110 valence electrons. The molecule has 0 radical (unpaired) electrons. The van der Waals surface area contributed by atoms with Crippen molar-refractivity contribution in [1.82, 2.24) is 10.6 Å². The highest BCUT2D eigenvalue weighted by Gasteiger charge is 2.25. The van der Waals surface area contributed by atoms with Crippen LogP contribution in [0.15, 0.2) is 24.3 Å². The van der Waals surface area contributed by atoms with E-state index >= 15 is 0 Å². The molecular weight excluding hydrogens is 256 g/mol. The molecule has 2 rings (SSSR count). The molecule has 1 aliphatic rings. The van der Waals surface area contributed by atoms with Gasteiger partial charge in [0, 0.05) is 31.1 Å². The first kappa shape index (κ1) is 14.8.